The van der Waals surface area contributed by atoms with Crippen molar-refractivity contribution in [2.75, 3.05) is 12.5 Å². The summed E-state index contributed by atoms with van der Waals surface area (Å²) in [6.45, 7) is 1.98. The second-order valence-electron chi connectivity index (χ2n) is 3.58. The summed E-state index contributed by atoms with van der Waals surface area (Å²) in [5.41, 5.74) is 5.25. The van der Waals surface area contributed by atoms with Crippen LogP contribution in [0.25, 0.3) is 11.3 Å². The molecular formula is C12H14N4O. The third kappa shape index (κ3) is 2.19. The van der Waals surface area contributed by atoms with Gasteiger partial charge in [-0.05, 0) is 30.7 Å². The molecule has 17 heavy (non-hydrogen) atoms. The van der Waals surface area contributed by atoms with Crippen LogP contribution in [0.3, 0.4) is 0 Å². The lowest BCUT2D eigenvalue weighted by atomic mass is 10.1. The molecule has 0 radical (unpaired) electrons. The van der Waals surface area contributed by atoms with Crippen LogP contribution < -0.4 is 16.0 Å². The molecule has 0 unspecified atom stereocenters. The first-order valence-electron chi connectivity index (χ1n) is 5.19. The van der Waals surface area contributed by atoms with Gasteiger partial charge in [-0.25, -0.2) is 10.8 Å². The minimum absolute atomic E-state index is 0.553. The molecule has 5 nitrogen and oxygen atoms in total. The first-order valence-corrected chi connectivity index (χ1v) is 5.19. The summed E-state index contributed by atoms with van der Waals surface area (Å²) < 4.78 is 5.22. The Bertz CT molecular complexity index is 528. The van der Waals surface area contributed by atoms with Crippen molar-refractivity contribution in [1.82, 2.24) is 9.97 Å². The van der Waals surface area contributed by atoms with Gasteiger partial charge < -0.3 is 10.2 Å². The number of nitrogens with one attached hydrogen (secondary N) is 1. The largest absolute Gasteiger partial charge is 0.496 e. The molecular weight excluding hydrogens is 216 g/mol. The second-order valence-corrected chi connectivity index (χ2v) is 3.58. The zero-order valence-corrected chi connectivity index (χ0v) is 9.77. The number of hydrazine groups is 1. The monoisotopic (exact) mass is 230 g/mol. The summed E-state index contributed by atoms with van der Waals surface area (Å²) in [7, 11) is 1.65. The lowest BCUT2D eigenvalue weighted by Gasteiger charge is -2.09. The van der Waals surface area contributed by atoms with Gasteiger partial charge in [-0.3, -0.25) is 4.98 Å². The average molecular weight is 230 g/mol. The van der Waals surface area contributed by atoms with Gasteiger partial charge in [0.15, 0.2) is 5.82 Å². The van der Waals surface area contributed by atoms with Crippen molar-refractivity contribution in [2.45, 2.75) is 6.92 Å². The number of aryl methyl sites for hydroxylation is 1. The van der Waals surface area contributed by atoms with E-state index in [9.17, 15) is 0 Å². The Kier molecular flexibility index (Phi) is 3.20. The summed E-state index contributed by atoms with van der Waals surface area (Å²) >= 11 is 0. The highest BCUT2D eigenvalue weighted by Crippen LogP contribution is 2.27. The van der Waals surface area contributed by atoms with Gasteiger partial charge in [0.25, 0.3) is 0 Å². The van der Waals surface area contributed by atoms with Crippen molar-refractivity contribution in [1.29, 1.82) is 0 Å². The third-order valence-electron chi connectivity index (χ3n) is 2.50. The highest BCUT2D eigenvalue weighted by Gasteiger charge is 2.08. The number of benzene rings is 1. The lowest BCUT2D eigenvalue weighted by Crippen LogP contribution is -2.10. The van der Waals surface area contributed by atoms with E-state index in [1.54, 1.807) is 19.5 Å². The first-order chi connectivity index (χ1) is 8.26. The molecule has 88 valence electrons. The van der Waals surface area contributed by atoms with Crippen molar-refractivity contribution in [3.63, 3.8) is 0 Å². The fourth-order valence-corrected chi connectivity index (χ4v) is 1.68. The molecule has 1 aromatic heterocycles. The molecule has 1 aromatic carbocycles. The molecule has 2 aromatic rings. The quantitative estimate of drug-likeness (QED) is 0.620. The van der Waals surface area contributed by atoms with Crippen LogP contribution in [0.1, 0.15) is 5.56 Å². The summed E-state index contributed by atoms with van der Waals surface area (Å²) in [5, 5.41) is 0. The Hall–Kier alpha value is -2.14. The van der Waals surface area contributed by atoms with E-state index in [0.29, 0.717) is 5.82 Å². The number of nitrogens with two attached hydrogens (primary N) is 1. The molecule has 3 N–H and O–H groups in total. The third-order valence-corrected chi connectivity index (χ3v) is 2.50. The van der Waals surface area contributed by atoms with Gasteiger partial charge in [0.2, 0.25) is 0 Å². The predicted octanol–water partition coefficient (Wildman–Crippen LogP) is 1.75. The number of methoxy groups -OCH3 is 1. The summed E-state index contributed by atoms with van der Waals surface area (Å²) in [6.07, 6.45) is 3.23. The van der Waals surface area contributed by atoms with Crippen molar-refractivity contribution in [3.8, 4) is 17.0 Å². The molecule has 0 spiro atoms. The van der Waals surface area contributed by atoms with Gasteiger partial charge in [-0.2, -0.15) is 0 Å². The van der Waals surface area contributed by atoms with E-state index in [0.717, 1.165) is 22.6 Å². The van der Waals surface area contributed by atoms with Gasteiger partial charge in [0.05, 0.1) is 7.11 Å². The number of nitrogens with zero attached hydrogens (tertiary/aromatic N) is 2. The minimum atomic E-state index is 0.553. The van der Waals surface area contributed by atoms with Gasteiger partial charge in [-0.1, -0.05) is 0 Å². The Balaban J connectivity index is 2.49. The zero-order valence-electron chi connectivity index (χ0n) is 9.77. The predicted molar refractivity (Wildman–Crippen MR) is 66.6 cm³/mol. The van der Waals surface area contributed by atoms with E-state index in [-0.39, 0.29) is 0 Å². The van der Waals surface area contributed by atoms with E-state index < -0.39 is 0 Å². The Labute approximate surface area is 99.6 Å². The van der Waals surface area contributed by atoms with Gasteiger partial charge in [0.1, 0.15) is 11.4 Å². The smallest absolute Gasteiger partial charge is 0.166 e. The second kappa shape index (κ2) is 4.80. The molecule has 1 heterocycles. The fourth-order valence-electron chi connectivity index (χ4n) is 1.68. The van der Waals surface area contributed by atoms with Gasteiger partial charge >= 0.3 is 0 Å². The highest BCUT2D eigenvalue weighted by molar-refractivity contribution is 5.71. The van der Waals surface area contributed by atoms with Crippen LogP contribution in [0.2, 0.25) is 0 Å². The molecule has 0 fully saturated rings. The number of hydrogen-bond acceptors (Lipinski definition) is 5. The SMILES string of the molecule is COc1ccc(-c2nccnc2NN)cc1C. The summed E-state index contributed by atoms with van der Waals surface area (Å²) in [4.78, 5) is 8.39. The van der Waals surface area contributed by atoms with Crippen LogP contribution in [-0.2, 0) is 0 Å². The highest BCUT2D eigenvalue weighted by atomic mass is 16.5. The van der Waals surface area contributed by atoms with Crippen molar-refractivity contribution in [2.24, 2.45) is 5.84 Å². The molecule has 0 aliphatic carbocycles. The maximum absolute atomic E-state index is 5.40. The molecule has 5 heteroatoms. The topological polar surface area (TPSA) is 73.1 Å². The molecule has 0 aliphatic heterocycles. The minimum Gasteiger partial charge on any atom is -0.496 e. The number of nitrogen functional groups attached to an aromatic ring is 1. The lowest BCUT2D eigenvalue weighted by molar-refractivity contribution is 0.412. The number of ether oxygens (including phenoxy) is 1. The Morgan fingerprint density at radius 2 is 2.00 bits per heavy atom. The van der Waals surface area contributed by atoms with E-state index in [1.165, 1.54) is 0 Å². The van der Waals surface area contributed by atoms with Crippen molar-refractivity contribution >= 4 is 5.82 Å². The van der Waals surface area contributed by atoms with E-state index in [4.69, 9.17) is 10.6 Å². The van der Waals surface area contributed by atoms with Crippen LogP contribution in [-0.4, -0.2) is 17.1 Å². The van der Waals surface area contributed by atoms with Gasteiger partial charge in [-0.15, -0.1) is 0 Å². The van der Waals surface area contributed by atoms with Crippen molar-refractivity contribution in [3.05, 3.63) is 36.2 Å². The Morgan fingerprint density at radius 3 is 2.65 bits per heavy atom. The first kappa shape index (κ1) is 11.3. The van der Waals surface area contributed by atoms with Crippen LogP contribution in [0.4, 0.5) is 5.82 Å². The van der Waals surface area contributed by atoms with Crippen molar-refractivity contribution < 1.29 is 4.74 Å². The van der Waals surface area contributed by atoms with E-state index >= 15 is 0 Å². The van der Waals surface area contributed by atoms with Gasteiger partial charge in [0, 0.05) is 18.0 Å². The molecule has 0 saturated carbocycles. The molecule has 0 bridgehead atoms. The number of rotatable bonds is 3. The van der Waals surface area contributed by atoms with Crippen LogP contribution in [0, 0.1) is 6.92 Å². The maximum Gasteiger partial charge on any atom is 0.166 e. The zero-order chi connectivity index (χ0) is 12.3. The fraction of sp³-hybridized carbons (Fsp3) is 0.167. The number of hydrogen-bond donors (Lipinski definition) is 2. The van der Waals surface area contributed by atoms with Crippen LogP contribution >= 0.6 is 0 Å². The average Bonchev–Trinajstić information content (AvgIpc) is 2.38. The molecule has 0 amide bonds. The number of anilines is 1. The normalized spacial score (nSPS) is 10.1. The summed E-state index contributed by atoms with van der Waals surface area (Å²) in [6, 6.07) is 5.82. The molecule has 0 atom stereocenters. The van der Waals surface area contributed by atoms with E-state index in [2.05, 4.69) is 15.4 Å². The standard InChI is InChI=1S/C12H14N4O/c1-8-7-9(3-4-10(8)17-2)11-12(16-13)15-6-5-14-11/h3-7H,13H2,1-2H3,(H,15,16). The molecule has 0 aliphatic rings. The molecule has 2 rings (SSSR count). The van der Waals surface area contributed by atoms with Crippen LogP contribution in [0.15, 0.2) is 30.6 Å². The Morgan fingerprint density at radius 1 is 1.24 bits per heavy atom. The number of aromatic nitrogens is 2. The molecule has 0 saturated heterocycles. The van der Waals surface area contributed by atoms with Crippen LogP contribution in [0.5, 0.6) is 5.75 Å². The maximum atomic E-state index is 5.40. The van der Waals surface area contributed by atoms with E-state index in [1.807, 2.05) is 25.1 Å². The summed E-state index contributed by atoms with van der Waals surface area (Å²) in [5.74, 6) is 6.80.